The van der Waals surface area contributed by atoms with Gasteiger partial charge >= 0.3 is 0 Å². The molecule has 0 unspecified atom stereocenters. The van der Waals surface area contributed by atoms with E-state index in [1.165, 1.54) is 0 Å². The molecular formula is C12H20ClF2NO. The zero-order chi connectivity index (χ0) is 12.9. The van der Waals surface area contributed by atoms with Gasteiger partial charge < -0.3 is 4.90 Å². The maximum Gasteiger partial charge on any atom is 0.248 e. The van der Waals surface area contributed by atoms with Gasteiger partial charge in [-0.25, -0.2) is 8.78 Å². The smallest absolute Gasteiger partial charge is 0.248 e. The predicted molar refractivity (Wildman–Crippen MR) is 64.5 cm³/mol. The number of amides is 1. The topological polar surface area (TPSA) is 20.3 Å². The van der Waals surface area contributed by atoms with E-state index >= 15 is 0 Å². The van der Waals surface area contributed by atoms with E-state index in [0.29, 0.717) is 31.8 Å². The van der Waals surface area contributed by atoms with Crippen LogP contribution in [0.3, 0.4) is 0 Å². The Balaban J connectivity index is 2.46. The fourth-order valence-corrected chi connectivity index (χ4v) is 2.34. The van der Waals surface area contributed by atoms with Crippen molar-refractivity contribution in [1.82, 2.24) is 4.90 Å². The first-order chi connectivity index (χ1) is 8.00. The summed E-state index contributed by atoms with van der Waals surface area (Å²) in [4.78, 5) is 13.8. The number of halogens is 3. The van der Waals surface area contributed by atoms with Crippen LogP contribution in [0.15, 0.2) is 0 Å². The van der Waals surface area contributed by atoms with Gasteiger partial charge in [0.25, 0.3) is 0 Å². The Hall–Kier alpha value is -0.380. The molecule has 0 atom stereocenters. The van der Waals surface area contributed by atoms with E-state index in [-0.39, 0.29) is 24.7 Å². The van der Waals surface area contributed by atoms with Gasteiger partial charge in [0.2, 0.25) is 11.8 Å². The second kappa shape index (κ2) is 6.53. The molecule has 0 bridgehead atoms. The summed E-state index contributed by atoms with van der Waals surface area (Å²) in [6, 6.07) is 0. The van der Waals surface area contributed by atoms with Crippen molar-refractivity contribution in [2.45, 2.75) is 45.0 Å². The highest BCUT2D eigenvalue weighted by molar-refractivity contribution is 6.17. The van der Waals surface area contributed by atoms with Crippen LogP contribution in [0.2, 0.25) is 0 Å². The molecule has 1 aliphatic rings. The minimum absolute atomic E-state index is 0.0214. The van der Waals surface area contributed by atoms with E-state index < -0.39 is 5.92 Å². The molecule has 2 nitrogen and oxygen atoms in total. The molecule has 0 aromatic rings. The van der Waals surface area contributed by atoms with Crippen molar-refractivity contribution in [2.24, 2.45) is 5.92 Å². The quantitative estimate of drug-likeness (QED) is 0.700. The van der Waals surface area contributed by atoms with Crippen LogP contribution < -0.4 is 0 Å². The molecule has 100 valence electrons. The van der Waals surface area contributed by atoms with Crippen LogP contribution >= 0.6 is 11.6 Å². The first kappa shape index (κ1) is 14.7. The van der Waals surface area contributed by atoms with Crippen LogP contribution in [0.25, 0.3) is 0 Å². The summed E-state index contributed by atoms with van der Waals surface area (Å²) in [5, 5.41) is 0. The van der Waals surface area contributed by atoms with E-state index in [1.54, 1.807) is 4.90 Å². The molecule has 0 aromatic carbocycles. The maximum absolute atomic E-state index is 13.0. The number of alkyl halides is 3. The molecule has 0 radical (unpaired) electrons. The molecule has 1 amide bonds. The average molecular weight is 268 g/mol. The van der Waals surface area contributed by atoms with Crippen molar-refractivity contribution >= 4 is 17.5 Å². The third-order valence-corrected chi connectivity index (χ3v) is 3.59. The molecule has 5 heteroatoms. The van der Waals surface area contributed by atoms with E-state index in [0.717, 1.165) is 6.42 Å². The highest BCUT2D eigenvalue weighted by Crippen LogP contribution is 2.36. The first-order valence-electron chi connectivity index (χ1n) is 6.22. The summed E-state index contributed by atoms with van der Waals surface area (Å²) in [6.45, 7) is 3.16. The fourth-order valence-electron chi connectivity index (χ4n) is 2.22. The minimum atomic E-state index is -2.57. The zero-order valence-electron chi connectivity index (χ0n) is 10.2. The summed E-state index contributed by atoms with van der Waals surface area (Å²) in [7, 11) is 0. The molecule has 1 rings (SSSR count). The van der Waals surface area contributed by atoms with Crippen molar-refractivity contribution in [1.29, 1.82) is 0 Å². The number of rotatable bonds is 5. The van der Waals surface area contributed by atoms with Crippen LogP contribution in [0.1, 0.15) is 39.0 Å². The van der Waals surface area contributed by atoms with Crippen LogP contribution in [-0.2, 0) is 4.79 Å². The van der Waals surface area contributed by atoms with Gasteiger partial charge in [0.15, 0.2) is 0 Å². The lowest BCUT2D eigenvalue weighted by atomic mass is 9.86. The number of hydrogen-bond acceptors (Lipinski definition) is 1. The van der Waals surface area contributed by atoms with Gasteiger partial charge in [0.1, 0.15) is 0 Å². The second-order valence-electron chi connectivity index (χ2n) is 4.59. The molecule has 1 saturated carbocycles. The van der Waals surface area contributed by atoms with E-state index in [1.807, 2.05) is 6.92 Å². The van der Waals surface area contributed by atoms with Gasteiger partial charge in [-0.05, 0) is 26.2 Å². The van der Waals surface area contributed by atoms with Gasteiger partial charge in [0.05, 0.1) is 0 Å². The molecule has 0 aliphatic heterocycles. The van der Waals surface area contributed by atoms with Crippen LogP contribution in [0, 0.1) is 5.92 Å². The molecule has 0 heterocycles. The summed E-state index contributed by atoms with van der Waals surface area (Å²) < 4.78 is 26.0. The van der Waals surface area contributed by atoms with Gasteiger partial charge in [-0.1, -0.05) is 0 Å². The van der Waals surface area contributed by atoms with Crippen LogP contribution in [0.5, 0.6) is 0 Å². The normalized spacial score (nSPS) is 20.2. The third-order valence-electron chi connectivity index (χ3n) is 3.32. The van der Waals surface area contributed by atoms with E-state index in [2.05, 4.69) is 0 Å². The van der Waals surface area contributed by atoms with Crippen molar-refractivity contribution in [3.8, 4) is 0 Å². The standard InChI is InChI=1S/C12H20ClF2NO/c1-2-16(9-3-8-13)11(17)10-4-6-12(14,15)7-5-10/h10H,2-9H2,1H3. The lowest BCUT2D eigenvalue weighted by Gasteiger charge is -2.31. The molecule has 0 spiro atoms. The van der Waals surface area contributed by atoms with E-state index in [9.17, 15) is 13.6 Å². The lowest BCUT2D eigenvalue weighted by Crippen LogP contribution is -2.39. The van der Waals surface area contributed by atoms with E-state index in [4.69, 9.17) is 11.6 Å². The summed E-state index contributed by atoms with van der Waals surface area (Å²) in [5.41, 5.74) is 0. The number of carbonyl (C=O) groups excluding carboxylic acids is 1. The van der Waals surface area contributed by atoms with Crippen LogP contribution in [-0.4, -0.2) is 35.7 Å². The van der Waals surface area contributed by atoms with Crippen LogP contribution in [0.4, 0.5) is 8.78 Å². The van der Waals surface area contributed by atoms with Gasteiger partial charge in [-0.3, -0.25) is 4.79 Å². The molecule has 0 aromatic heterocycles. The average Bonchev–Trinajstić information content (AvgIpc) is 2.29. The Labute approximate surface area is 106 Å². The van der Waals surface area contributed by atoms with Crippen molar-refractivity contribution in [2.75, 3.05) is 19.0 Å². The second-order valence-corrected chi connectivity index (χ2v) is 4.97. The predicted octanol–water partition coefficient (Wildman–Crippen LogP) is 3.29. The highest BCUT2D eigenvalue weighted by Gasteiger charge is 2.38. The van der Waals surface area contributed by atoms with Crippen molar-refractivity contribution in [3.63, 3.8) is 0 Å². The van der Waals surface area contributed by atoms with Gasteiger partial charge in [-0.2, -0.15) is 0 Å². The van der Waals surface area contributed by atoms with Gasteiger partial charge in [0, 0.05) is 37.7 Å². The van der Waals surface area contributed by atoms with Crippen molar-refractivity contribution in [3.05, 3.63) is 0 Å². The lowest BCUT2D eigenvalue weighted by molar-refractivity contribution is -0.139. The van der Waals surface area contributed by atoms with Gasteiger partial charge in [-0.15, -0.1) is 11.6 Å². The first-order valence-corrected chi connectivity index (χ1v) is 6.76. The molecule has 1 aliphatic carbocycles. The number of nitrogens with zero attached hydrogens (tertiary/aromatic N) is 1. The monoisotopic (exact) mass is 267 g/mol. The highest BCUT2D eigenvalue weighted by atomic mass is 35.5. The SMILES string of the molecule is CCN(CCCCl)C(=O)C1CCC(F)(F)CC1. The fraction of sp³-hybridized carbons (Fsp3) is 0.917. The minimum Gasteiger partial charge on any atom is -0.343 e. The molecular weight excluding hydrogens is 248 g/mol. The Morgan fingerprint density at radius 2 is 2.00 bits per heavy atom. The summed E-state index contributed by atoms with van der Waals surface area (Å²) in [6.07, 6.45) is 1.06. The third kappa shape index (κ3) is 4.41. The Bertz CT molecular complexity index is 251. The largest absolute Gasteiger partial charge is 0.343 e. The Kier molecular flexibility index (Phi) is 5.63. The summed E-state index contributed by atoms with van der Waals surface area (Å²) >= 11 is 5.59. The maximum atomic E-state index is 13.0. The summed E-state index contributed by atoms with van der Waals surface area (Å²) in [5.74, 6) is -2.24. The zero-order valence-corrected chi connectivity index (χ0v) is 11.0. The number of carbonyl (C=O) groups is 1. The molecule has 0 N–H and O–H groups in total. The molecule has 0 saturated heterocycles. The molecule has 17 heavy (non-hydrogen) atoms. The Morgan fingerprint density at radius 3 is 2.47 bits per heavy atom. The van der Waals surface area contributed by atoms with Crippen molar-refractivity contribution < 1.29 is 13.6 Å². The number of hydrogen-bond donors (Lipinski definition) is 0. The Morgan fingerprint density at radius 1 is 1.41 bits per heavy atom. The molecule has 1 fully saturated rings.